The molecule has 1 fully saturated rings. The van der Waals surface area contributed by atoms with Crippen molar-refractivity contribution in [3.63, 3.8) is 0 Å². The van der Waals surface area contributed by atoms with E-state index in [4.69, 9.17) is 16.3 Å². The van der Waals surface area contributed by atoms with Crippen LogP contribution in [-0.4, -0.2) is 46.9 Å². The predicted molar refractivity (Wildman–Crippen MR) is 86.9 cm³/mol. The van der Waals surface area contributed by atoms with Gasteiger partial charge in [0.25, 0.3) is 0 Å². The van der Waals surface area contributed by atoms with E-state index in [1.807, 2.05) is 0 Å². The number of nitrogens with zero attached hydrogens (tertiary/aromatic N) is 1. The van der Waals surface area contributed by atoms with Crippen molar-refractivity contribution >= 4 is 23.8 Å². The van der Waals surface area contributed by atoms with Crippen LogP contribution in [0.15, 0.2) is 18.2 Å². The number of hydrogen-bond acceptors (Lipinski definition) is 3. The number of carboxylic acid groups (broad SMARTS) is 1. The van der Waals surface area contributed by atoms with Crippen molar-refractivity contribution in [1.82, 2.24) is 10.2 Å². The molecule has 1 saturated heterocycles. The molecule has 0 aromatic heterocycles. The molecule has 0 bridgehead atoms. The van der Waals surface area contributed by atoms with Crippen LogP contribution in [0.1, 0.15) is 32.3 Å². The topological polar surface area (TPSA) is 78.9 Å². The Balaban J connectivity index is 2.24. The van der Waals surface area contributed by atoms with Crippen LogP contribution >= 0.6 is 11.6 Å². The summed E-state index contributed by atoms with van der Waals surface area (Å²) in [5.41, 5.74) is -0.418. The second-order valence-electron chi connectivity index (χ2n) is 6.71. The standard InChI is InChI=1S/C16H20ClFN2O4/c1-16(2,3)24-14(21)19-13-8-20(15(22)23)7-11(13)10-6-9(17)4-5-12(10)18/h4-6,11,13H,7-8H2,1-3H3,(H,19,21)(H,22,23)/t11-,13+/m1/s1. The molecule has 24 heavy (non-hydrogen) atoms. The Kier molecular flexibility index (Phi) is 5.22. The van der Waals surface area contributed by atoms with Crippen LogP contribution in [0.25, 0.3) is 0 Å². The second-order valence-corrected chi connectivity index (χ2v) is 7.15. The molecule has 8 heteroatoms. The largest absolute Gasteiger partial charge is 0.465 e. The molecule has 0 radical (unpaired) electrons. The van der Waals surface area contributed by atoms with Crippen LogP contribution in [0.3, 0.4) is 0 Å². The molecule has 1 aromatic carbocycles. The first kappa shape index (κ1) is 18.3. The number of likely N-dealkylation sites (tertiary alicyclic amines) is 1. The first-order valence-corrected chi connectivity index (χ1v) is 7.87. The van der Waals surface area contributed by atoms with Crippen LogP contribution in [0.2, 0.25) is 5.02 Å². The van der Waals surface area contributed by atoms with Gasteiger partial charge in [0.15, 0.2) is 0 Å². The smallest absolute Gasteiger partial charge is 0.407 e. The summed E-state index contributed by atoms with van der Waals surface area (Å²) in [5, 5.41) is 12.2. The van der Waals surface area contributed by atoms with E-state index < -0.39 is 35.6 Å². The third-order valence-corrected chi connectivity index (χ3v) is 3.89. The molecular weight excluding hydrogens is 339 g/mol. The number of ether oxygens (including phenoxy) is 1. The first-order chi connectivity index (χ1) is 11.1. The molecule has 2 rings (SSSR count). The lowest BCUT2D eigenvalue weighted by atomic mass is 9.94. The molecule has 1 heterocycles. The number of benzene rings is 1. The van der Waals surface area contributed by atoms with Gasteiger partial charge in [-0.25, -0.2) is 14.0 Å². The summed E-state index contributed by atoms with van der Waals surface area (Å²) < 4.78 is 19.4. The Labute approximate surface area is 144 Å². The van der Waals surface area contributed by atoms with Gasteiger partial charge in [-0.3, -0.25) is 0 Å². The van der Waals surface area contributed by atoms with Crippen molar-refractivity contribution < 1.29 is 23.8 Å². The van der Waals surface area contributed by atoms with E-state index >= 15 is 0 Å². The second kappa shape index (κ2) is 6.84. The molecule has 1 aromatic rings. The summed E-state index contributed by atoms with van der Waals surface area (Å²) in [7, 11) is 0. The van der Waals surface area contributed by atoms with Crippen LogP contribution in [0, 0.1) is 5.82 Å². The Bertz CT molecular complexity index is 647. The Hall–Kier alpha value is -2.02. The number of hydrogen-bond donors (Lipinski definition) is 2. The van der Waals surface area contributed by atoms with Crippen molar-refractivity contribution in [2.24, 2.45) is 0 Å². The highest BCUT2D eigenvalue weighted by Gasteiger charge is 2.39. The molecule has 0 saturated carbocycles. The number of carbonyl (C=O) groups is 2. The average molecular weight is 359 g/mol. The van der Waals surface area contributed by atoms with Gasteiger partial charge >= 0.3 is 12.2 Å². The minimum Gasteiger partial charge on any atom is -0.465 e. The van der Waals surface area contributed by atoms with E-state index in [2.05, 4.69) is 5.32 Å². The third kappa shape index (κ3) is 4.50. The molecule has 2 atom stereocenters. The van der Waals surface area contributed by atoms with Crippen molar-refractivity contribution in [3.05, 3.63) is 34.6 Å². The lowest BCUT2D eigenvalue weighted by Gasteiger charge is -2.24. The number of nitrogens with one attached hydrogen (secondary N) is 1. The molecule has 1 aliphatic rings. The van der Waals surface area contributed by atoms with Crippen LogP contribution < -0.4 is 5.32 Å². The van der Waals surface area contributed by atoms with Gasteiger partial charge in [0.1, 0.15) is 11.4 Å². The maximum Gasteiger partial charge on any atom is 0.407 e. The Morgan fingerprint density at radius 3 is 2.62 bits per heavy atom. The van der Waals surface area contributed by atoms with E-state index in [1.54, 1.807) is 20.8 Å². The third-order valence-electron chi connectivity index (χ3n) is 3.65. The molecule has 0 aliphatic carbocycles. The van der Waals surface area contributed by atoms with E-state index in [-0.39, 0.29) is 18.7 Å². The zero-order chi connectivity index (χ0) is 18.1. The zero-order valence-electron chi connectivity index (χ0n) is 13.7. The Morgan fingerprint density at radius 2 is 2.04 bits per heavy atom. The van der Waals surface area contributed by atoms with Gasteiger partial charge < -0.3 is 20.1 Å². The molecule has 1 aliphatic heterocycles. The molecule has 6 nitrogen and oxygen atoms in total. The summed E-state index contributed by atoms with van der Waals surface area (Å²) in [6, 6.07) is 3.49. The number of rotatable bonds is 2. The lowest BCUT2D eigenvalue weighted by Crippen LogP contribution is -2.43. The Morgan fingerprint density at radius 1 is 1.38 bits per heavy atom. The number of carbonyl (C=O) groups excluding carboxylic acids is 1. The molecule has 132 valence electrons. The summed E-state index contributed by atoms with van der Waals surface area (Å²) >= 11 is 5.93. The van der Waals surface area contributed by atoms with Crippen molar-refractivity contribution in [2.45, 2.75) is 38.3 Å². The van der Waals surface area contributed by atoms with Crippen LogP contribution in [-0.2, 0) is 4.74 Å². The summed E-state index contributed by atoms with van der Waals surface area (Å²) in [6.45, 7) is 5.27. The van der Waals surface area contributed by atoms with Crippen LogP contribution in [0.5, 0.6) is 0 Å². The zero-order valence-corrected chi connectivity index (χ0v) is 14.4. The number of alkyl carbamates (subject to hydrolysis) is 1. The van der Waals surface area contributed by atoms with E-state index in [1.165, 1.54) is 18.2 Å². The van der Waals surface area contributed by atoms with Crippen LogP contribution in [0.4, 0.5) is 14.0 Å². The minimum absolute atomic E-state index is 0.0468. The van der Waals surface area contributed by atoms with E-state index in [9.17, 15) is 19.1 Å². The van der Waals surface area contributed by atoms with Gasteiger partial charge in [-0.1, -0.05) is 11.6 Å². The fraction of sp³-hybridized carbons (Fsp3) is 0.500. The van der Waals surface area contributed by atoms with Gasteiger partial charge in [0.2, 0.25) is 0 Å². The molecule has 0 unspecified atom stereocenters. The molecular formula is C16H20ClFN2O4. The first-order valence-electron chi connectivity index (χ1n) is 7.49. The molecule has 2 amide bonds. The highest BCUT2D eigenvalue weighted by atomic mass is 35.5. The van der Waals surface area contributed by atoms with E-state index in [0.717, 1.165) is 4.90 Å². The average Bonchev–Trinajstić information content (AvgIpc) is 2.83. The summed E-state index contributed by atoms with van der Waals surface area (Å²) in [6.07, 6.45) is -1.80. The van der Waals surface area contributed by atoms with E-state index in [0.29, 0.717) is 5.02 Å². The summed E-state index contributed by atoms with van der Waals surface area (Å²) in [4.78, 5) is 24.4. The minimum atomic E-state index is -1.13. The van der Waals surface area contributed by atoms with Crippen molar-refractivity contribution in [3.8, 4) is 0 Å². The maximum atomic E-state index is 14.2. The van der Waals surface area contributed by atoms with Gasteiger partial charge in [0.05, 0.1) is 6.04 Å². The highest BCUT2D eigenvalue weighted by molar-refractivity contribution is 6.30. The number of amides is 2. The molecule has 2 N–H and O–H groups in total. The normalized spacial score (nSPS) is 20.8. The molecule has 0 spiro atoms. The summed E-state index contributed by atoms with van der Waals surface area (Å²) in [5.74, 6) is -1.04. The fourth-order valence-corrected chi connectivity index (χ4v) is 2.86. The van der Waals surface area contributed by atoms with Crippen molar-refractivity contribution in [2.75, 3.05) is 13.1 Å². The fourth-order valence-electron chi connectivity index (χ4n) is 2.68. The van der Waals surface area contributed by atoms with Gasteiger partial charge in [-0.15, -0.1) is 0 Å². The quantitative estimate of drug-likeness (QED) is 0.848. The monoisotopic (exact) mass is 358 g/mol. The van der Waals surface area contributed by atoms with Gasteiger partial charge in [0, 0.05) is 24.0 Å². The SMILES string of the molecule is CC(C)(C)OC(=O)N[C@H]1CN(C(=O)O)C[C@@H]1c1cc(Cl)ccc1F. The number of halogens is 2. The maximum absolute atomic E-state index is 14.2. The van der Waals surface area contributed by atoms with Gasteiger partial charge in [-0.2, -0.15) is 0 Å². The van der Waals surface area contributed by atoms with Crippen molar-refractivity contribution in [1.29, 1.82) is 0 Å². The lowest BCUT2D eigenvalue weighted by molar-refractivity contribution is 0.0501. The highest BCUT2D eigenvalue weighted by Crippen LogP contribution is 2.31. The predicted octanol–water partition coefficient (Wildman–Crippen LogP) is 3.45. The van der Waals surface area contributed by atoms with Gasteiger partial charge in [-0.05, 0) is 44.5 Å².